The van der Waals surface area contributed by atoms with Gasteiger partial charge in [-0.25, -0.2) is 4.98 Å². The van der Waals surface area contributed by atoms with E-state index < -0.39 is 0 Å². The Morgan fingerprint density at radius 3 is 2.78 bits per heavy atom. The summed E-state index contributed by atoms with van der Waals surface area (Å²) >= 11 is 0. The molecule has 0 saturated carbocycles. The SMILES string of the molecule is CC(=O)N1C[C@H]2C[C@H]1CN2Cc1ccc([C@H]2COc3cccnc3O2)cc1. The van der Waals surface area contributed by atoms with E-state index in [0.717, 1.165) is 31.6 Å². The second kappa shape index (κ2) is 6.53. The van der Waals surface area contributed by atoms with Gasteiger partial charge in [-0.15, -0.1) is 0 Å². The molecule has 2 fully saturated rings. The van der Waals surface area contributed by atoms with Crippen LogP contribution in [0.3, 0.4) is 0 Å². The maximum atomic E-state index is 11.6. The number of fused-ring (bicyclic) bond motifs is 3. The molecule has 3 atom stereocenters. The smallest absolute Gasteiger partial charge is 0.257 e. The van der Waals surface area contributed by atoms with Crippen LogP contribution in [-0.2, 0) is 11.3 Å². The zero-order chi connectivity index (χ0) is 18.4. The van der Waals surface area contributed by atoms with Gasteiger partial charge in [-0.3, -0.25) is 9.69 Å². The van der Waals surface area contributed by atoms with Crippen LogP contribution in [0.1, 0.15) is 30.6 Å². The summed E-state index contributed by atoms with van der Waals surface area (Å²) in [4.78, 5) is 20.4. The molecule has 0 spiro atoms. The Labute approximate surface area is 158 Å². The zero-order valence-corrected chi connectivity index (χ0v) is 15.4. The third-order valence-electron chi connectivity index (χ3n) is 5.88. The number of carbonyl (C=O) groups excluding carboxylic acids is 1. The first-order valence-electron chi connectivity index (χ1n) is 9.52. The monoisotopic (exact) mass is 365 g/mol. The molecule has 0 N–H and O–H groups in total. The molecule has 2 bridgehead atoms. The highest BCUT2D eigenvalue weighted by Gasteiger charge is 2.43. The Kier molecular flexibility index (Phi) is 4.01. The molecule has 1 aromatic carbocycles. The van der Waals surface area contributed by atoms with Crippen LogP contribution in [0.4, 0.5) is 0 Å². The van der Waals surface area contributed by atoms with Gasteiger partial charge in [-0.05, 0) is 29.7 Å². The third-order valence-corrected chi connectivity index (χ3v) is 5.88. The number of rotatable bonds is 3. The minimum atomic E-state index is -0.131. The number of hydrogen-bond donors (Lipinski definition) is 0. The van der Waals surface area contributed by atoms with Crippen LogP contribution < -0.4 is 9.47 Å². The lowest BCUT2D eigenvalue weighted by Gasteiger charge is -2.33. The molecule has 5 rings (SSSR count). The van der Waals surface area contributed by atoms with Crippen molar-refractivity contribution in [2.75, 3.05) is 19.7 Å². The molecule has 2 aromatic rings. The van der Waals surface area contributed by atoms with Crippen molar-refractivity contribution in [3.8, 4) is 11.6 Å². The van der Waals surface area contributed by atoms with Crippen LogP contribution in [0.25, 0.3) is 0 Å². The fourth-order valence-electron chi connectivity index (χ4n) is 4.47. The van der Waals surface area contributed by atoms with Crippen molar-refractivity contribution in [1.29, 1.82) is 0 Å². The Hall–Kier alpha value is -2.60. The maximum absolute atomic E-state index is 11.6. The van der Waals surface area contributed by atoms with Crippen LogP contribution in [0.5, 0.6) is 11.6 Å². The molecular weight excluding hydrogens is 342 g/mol. The first-order chi connectivity index (χ1) is 13.2. The molecular formula is C21H23N3O3. The topological polar surface area (TPSA) is 54.9 Å². The molecule has 3 aliphatic rings. The molecule has 27 heavy (non-hydrogen) atoms. The first-order valence-corrected chi connectivity index (χ1v) is 9.52. The standard InChI is InChI=1S/C21H23N3O3/c1-14(25)24-12-17-9-18(24)11-23(17)10-15-4-6-16(7-5-15)20-13-26-19-3-2-8-22-21(19)27-20/h2-8,17-18,20H,9-13H2,1H3/t17-,18+,20-/m1/s1. The van der Waals surface area contributed by atoms with E-state index in [4.69, 9.17) is 9.47 Å². The van der Waals surface area contributed by atoms with Gasteiger partial charge >= 0.3 is 0 Å². The van der Waals surface area contributed by atoms with E-state index in [2.05, 4.69) is 34.1 Å². The zero-order valence-electron chi connectivity index (χ0n) is 15.4. The van der Waals surface area contributed by atoms with Gasteiger partial charge in [0.15, 0.2) is 11.9 Å². The van der Waals surface area contributed by atoms with E-state index >= 15 is 0 Å². The first kappa shape index (κ1) is 16.6. The van der Waals surface area contributed by atoms with Gasteiger partial charge < -0.3 is 14.4 Å². The number of carbonyl (C=O) groups is 1. The van der Waals surface area contributed by atoms with Gasteiger partial charge in [0.05, 0.1) is 0 Å². The van der Waals surface area contributed by atoms with Crippen molar-refractivity contribution in [1.82, 2.24) is 14.8 Å². The summed E-state index contributed by atoms with van der Waals surface area (Å²) in [5, 5.41) is 0. The highest BCUT2D eigenvalue weighted by molar-refractivity contribution is 5.74. The van der Waals surface area contributed by atoms with Crippen LogP contribution in [0.2, 0.25) is 0 Å². The van der Waals surface area contributed by atoms with Crippen LogP contribution >= 0.6 is 0 Å². The number of piperazine rings is 1. The van der Waals surface area contributed by atoms with Crippen LogP contribution in [-0.4, -0.2) is 52.5 Å². The molecule has 6 nitrogen and oxygen atoms in total. The van der Waals surface area contributed by atoms with Gasteiger partial charge in [0.2, 0.25) is 5.91 Å². The summed E-state index contributed by atoms with van der Waals surface area (Å²) in [6, 6.07) is 13.2. The highest BCUT2D eigenvalue weighted by Crippen LogP contribution is 2.35. The van der Waals surface area contributed by atoms with E-state index in [9.17, 15) is 4.79 Å². The van der Waals surface area contributed by atoms with Crippen molar-refractivity contribution >= 4 is 5.91 Å². The minimum Gasteiger partial charge on any atom is -0.484 e. The second-order valence-corrected chi connectivity index (χ2v) is 7.61. The average Bonchev–Trinajstić information content (AvgIpc) is 3.29. The van der Waals surface area contributed by atoms with Gasteiger partial charge in [0.25, 0.3) is 5.88 Å². The second-order valence-electron chi connectivity index (χ2n) is 7.61. The molecule has 0 unspecified atom stereocenters. The fourth-order valence-corrected chi connectivity index (χ4v) is 4.47. The lowest BCUT2D eigenvalue weighted by molar-refractivity contribution is -0.131. The molecule has 6 heteroatoms. The number of pyridine rings is 1. The fraction of sp³-hybridized carbons (Fsp3) is 0.429. The number of benzene rings is 1. The summed E-state index contributed by atoms with van der Waals surface area (Å²) in [6.07, 6.45) is 2.69. The van der Waals surface area contributed by atoms with Gasteiger partial charge in [-0.1, -0.05) is 24.3 Å². The van der Waals surface area contributed by atoms with E-state index in [-0.39, 0.29) is 12.0 Å². The van der Waals surface area contributed by atoms with Gasteiger partial charge in [0, 0.05) is 44.8 Å². The Morgan fingerprint density at radius 2 is 2.04 bits per heavy atom. The van der Waals surface area contributed by atoms with Crippen LogP contribution in [0.15, 0.2) is 42.6 Å². The third kappa shape index (κ3) is 3.04. The average molecular weight is 365 g/mol. The Morgan fingerprint density at radius 1 is 1.19 bits per heavy atom. The van der Waals surface area contributed by atoms with E-state index in [1.807, 2.05) is 17.0 Å². The number of aromatic nitrogens is 1. The predicted molar refractivity (Wildman–Crippen MR) is 99.5 cm³/mol. The van der Waals surface area contributed by atoms with Crippen molar-refractivity contribution in [2.24, 2.45) is 0 Å². The van der Waals surface area contributed by atoms with Crippen molar-refractivity contribution in [3.05, 3.63) is 53.7 Å². The van der Waals surface area contributed by atoms with E-state index in [1.54, 1.807) is 13.1 Å². The number of hydrogen-bond acceptors (Lipinski definition) is 5. The summed E-state index contributed by atoms with van der Waals surface area (Å²) in [7, 11) is 0. The van der Waals surface area contributed by atoms with E-state index in [0.29, 0.717) is 30.3 Å². The lowest BCUT2D eigenvalue weighted by Crippen LogP contribution is -2.47. The van der Waals surface area contributed by atoms with E-state index in [1.165, 1.54) is 5.56 Å². The van der Waals surface area contributed by atoms with Gasteiger partial charge in [0.1, 0.15) is 6.61 Å². The molecule has 1 amide bonds. The number of ether oxygens (including phenoxy) is 2. The molecule has 0 aliphatic carbocycles. The summed E-state index contributed by atoms with van der Waals surface area (Å²) < 4.78 is 11.7. The molecule has 1 aromatic heterocycles. The Balaban J connectivity index is 1.23. The number of likely N-dealkylation sites (tertiary alicyclic amines) is 2. The Bertz CT molecular complexity index is 854. The predicted octanol–water partition coefficient (Wildman–Crippen LogP) is 2.40. The van der Waals surface area contributed by atoms with Crippen molar-refractivity contribution in [3.63, 3.8) is 0 Å². The lowest BCUT2D eigenvalue weighted by atomic mass is 10.1. The van der Waals surface area contributed by atoms with Crippen LogP contribution in [0, 0.1) is 0 Å². The number of nitrogens with zero attached hydrogens (tertiary/aromatic N) is 3. The van der Waals surface area contributed by atoms with Crippen molar-refractivity contribution in [2.45, 2.75) is 38.1 Å². The quantitative estimate of drug-likeness (QED) is 0.836. The summed E-state index contributed by atoms with van der Waals surface area (Å²) in [5.41, 5.74) is 2.39. The highest BCUT2D eigenvalue weighted by atomic mass is 16.6. The molecule has 4 heterocycles. The van der Waals surface area contributed by atoms with Crippen molar-refractivity contribution < 1.29 is 14.3 Å². The normalized spacial score (nSPS) is 26.4. The molecule has 0 radical (unpaired) electrons. The van der Waals surface area contributed by atoms with Gasteiger partial charge in [-0.2, -0.15) is 0 Å². The molecule has 3 aliphatic heterocycles. The maximum Gasteiger partial charge on any atom is 0.257 e. The summed E-state index contributed by atoms with van der Waals surface area (Å²) in [5.74, 6) is 1.47. The minimum absolute atomic E-state index is 0.131. The molecule has 2 saturated heterocycles. The molecule has 140 valence electrons. The largest absolute Gasteiger partial charge is 0.484 e. The number of amides is 1. The summed E-state index contributed by atoms with van der Waals surface area (Å²) in [6.45, 7) is 4.95.